The zero-order chi connectivity index (χ0) is 14.0. The van der Waals surface area contributed by atoms with Crippen LogP contribution in [0.25, 0.3) is 10.9 Å². The summed E-state index contributed by atoms with van der Waals surface area (Å²) in [4.78, 5) is 12.4. The number of nitriles is 1. The van der Waals surface area contributed by atoms with Crippen LogP contribution < -0.4 is 0 Å². The smallest absolute Gasteiger partial charge is 0.200 e. The van der Waals surface area contributed by atoms with Crippen LogP contribution in [-0.2, 0) is 7.05 Å². The number of hydrogen-bond acceptors (Lipinski definition) is 3. The summed E-state index contributed by atoms with van der Waals surface area (Å²) < 4.78 is 1.69. The number of benzene rings is 1. The summed E-state index contributed by atoms with van der Waals surface area (Å²) in [5.41, 5.74) is 1.32. The average Bonchev–Trinajstić information content (AvgIpc) is 2.73. The molecule has 0 amide bonds. The Hall–Kier alpha value is -2.15. The molecule has 0 aliphatic carbocycles. The van der Waals surface area contributed by atoms with Gasteiger partial charge >= 0.3 is 0 Å². The van der Waals surface area contributed by atoms with E-state index in [1.807, 2.05) is 45.2 Å². The number of nitrogens with zero attached hydrogens (tertiary/aromatic N) is 3. The maximum absolute atomic E-state index is 12.4. The van der Waals surface area contributed by atoms with E-state index < -0.39 is 5.92 Å². The first-order valence-corrected chi connectivity index (χ1v) is 6.40. The van der Waals surface area contributed by atoms with E-state index in [-0.39, 0.29) is 5.78 Å². The van der Waals surface area contributed by atoms with E-state index in [9.17, 15) is 10.1 Å². The molecule has 0 spiro atoms. The molecule has 0 bridgehead atoms. The number of carbonyl (C=O) groups excluding carboxylic acids is 1. The number of fused-ring (bicyclic) bond motifs is 1. The van der Waals surface area contributed by atoms with Gasteiger partial charge in [0.05, 0.1) is 11.6 Å². The van der Waals surface area contributed by atoms with E-state index in [1.165, 1.54) is 0 Å². The van der Waals surface area contributed by atoms with Crippen molar-refractivity contribution in [1.29, 1.82) is 5.26 Å². The molecule has 98 valence electrons. The molecule has 0 saturated carbocycles. The van der Waals surface area contributed by atoms with Crippen molar-refractivity contribution in [3.8, 4) is 6.07 Å². The summed E-state index contributed by atoms with van der Waals surface area (Å²) in [7, 11) is 1.81. The molecule has 2 aromatic rings. The molecular formula is C15H17N3O. The highest BCUT2D eigenvalue weighted by atomic mass is 16.1. The zero-order valence-electron chi connectivity index (χ0n) is 11.4. The lowest BCUT2D eigenvalue weighted by Gasteiger charge is -2.09. The summed E-state index contributed by atoms with van der Waals surface area (Å²) in [5, 5.41) is 14.3. The highest BCUT2D eigenvalue weighted by Crippen LogP contribution is 2.22. The minimum Gasteiger partial charge on any atom is -0.291 e. The molecule has 0 saturated heterocycles. The van der Waals surface area contributed by atoms with Crippen molar-refractivity contribution >= 4 is 16.7 Å². The third-order valence-electron chi connectivity index (χ3n) is 3.17. The molecule has 4 nitrogen and oxygen atoms in total. The van der Waals surface area contributed by atoms with Gasteiger partial charge in [-0.15, -0.1) is 0 Å². The van der Waals surface area contributed by atoms with Gasteiger partial charge in [0.2, 0.25) is 5.78 Å². The number of aromatic nitrogens is 2. The standard InChI is InChI=1S/C15H17N3O/c1-10(2)8-11(9-16)15(19)14-12-6-4-5-7-13(12)18(3)17-14/h4-7,10-11H,8H2,1-3H3. The molecule has 1 aromatic carbocycles. The lowest BCUT2D eigenvalue weighted by atomic mass is 9.92. The molecule has 1 unspecified atom stereocenters. The quantitative estimate of drug-likeness (QED) is 0.789. The Bertz CT molecular complexity index is 649. The highest BCUT2D eigenvalue weighted by molar-refractivity contribution is 6.07. The van der Waals surface area contributed by atoms with Crippen LogP contribution in [0, 0.1) is 23.2 Å². The minimum absolute atomic E-state index is 0.173. The van der Waals surface area contributed by atoms with Gasteiger partial charge in [0.1, 0.15) is 11.6 Å². The van der Waals surface area contributed by atoms with Crippen LogP contribution in [0.15, 0.2) is 24.3 Å². The van der Waals surface area contributed by atoms with Crippen molar-refractivity contribution < 1.29 is 4.79 Å². The van der Waals surface area contributed by atoms with Crippen LogP contribution >= 0.6 is 0 Å². The van der Waals surface area contributed by atoms with Crippen molar-refractivity contribution in [2.24, 2.45) is 18.9 Å². The largest absolute Gasteiger partial charge is 0.291 e. The molecule has 0 fully saturated rings. The number of Topliss-reactive ketones (excluding diaryl/α,β-unsaturated/α-hetero) is 1. The highest BCUT2D eigenvalue weighted by Gasteiger charge is 2.25. The van der Waals surface area contributed by atoms with Gasteiger partial charge in [-0.05, 0) is 18.4 Å². The van der Waals surface area contributed by atoms with Crippen LogP contribution in [0.1, 0.15) is 30.8 Å². The normalized spacial score (nSPS) is 12.6. The molecular weight excluding hydrogens is 238 g/mol. The number of carbonyl (C=O) groups is 1. The molecule has 0 radical (unpaired) electrons. The number of hydrogen-bond donors (Lipinski definition) is 0. The fourth-order valence-corrected chi connectivity index (χ4v) is 2.25. The molecule has 1 atom stereocenters. The molecule has 1 aromatic heterocycles. The zero-order valence-corrected chi connectivity index (χ0v) is 11.4. The Morgan fingerprint density at radius 2 is 2.11 bits per heavy atom. The van der Waals surface area contributed by atoms with Crippen molar-refractivity contribution in [2.75, 3.05) is 0 Å². The Morgan fingerprint density at radius 1 is 1.42 bits per heavy atom. The van der Waals surface area contributed by atoms with Gasteiger partial charge < -0.3 is 0 Å². The predicted molar refractivity (Wildman–Crippen MR) is 73.6 cm³/mol. The first-order valence-electron chi connectivity index (χ1n) is 6.40. The molecule has 2 rings (SSSR count). The van der Waals surface area contributed by atoms with Crippen molar-refractivity contribution in [3.05, 3.63) is 30.0 Å². The molecule has 4 heteroatoms. The summed E-state index contributed by atoms with van der Waals surface area (Å²) in [5.74, 6) is -0.477. The van der Waals surface area contributed by atoms with Crippen LogP contribution in [-0.4, -0.2) is 15.6 Å². The SMILES string of the molecule is CC(C)CC(C#N)C(=O)c1nn(C)c2ccccc12. The van der Waals surface area contributed by atoms with E-state index in [1.54, 1.807) is 4.68 Å². The lowest BCUT2D eigenvalue weighted by molar-refractivity contribution is 0.0932. The molecule has 0 aliphatic heterocycles. The molecule has 0 aliphatic rings. The van der Waals surface area contributed by atoms with Gasteiger partial charge in [-0.25, -0.2) is 0 Å². The summed E-state index contributed by atoms with van der Waals surface area (Å²) >= 11 is 0. The topological polar surface area (TPSA) is 58.7 Å². The van der Waals surface area contributed by atoms with Crippen molar-refractivity contribution in [2.45, 2.75) is 20.3 Å². The average molecular weight is 255 g/mol. The van der Waals surface area contributed by atoms with E-state index in [0.717, 1.165) is 10.9 Å². The fourth-order valence-electron chi connectivity index (χ4n) is 2.25. The second-order valence-electron chi connectivity index (χ2n) is 5.16. The Balaban J connectivity index is 2.44. The number of para-hydroxylation sites is 1. The maximum Gasteiger partial charge on any atom is 0.200 e. The Kier molecular flexibility index (Phi) is 3.66. The molecule has 19 heavy (non-hydrogen) atoms. The number of rotatable bonds is 4. The van der Waals surface area contributed by atoms with E-state index in [4.69, 9.17) is 0 Å². The van der Waals surface area contributed by atoms with Gasteiger partial charge in [0, 0.05) is 12.4 Å². The Morgan fingerprint density at radius 3 is 2.74 bits per heavy atom. The van der Waals surface area contributed by atoms with E-state index >= 15 is 0 Å². The minimum atomic E-state index is -0.613. The number of aryl methyl sites for hydroxylation is 1. The van der Waals surface area contributed by atoms with Gasteiger partial charge in [-0.2, -0.15) is 10.4 Å². The van der Waals surface area contributed by atoms with Gasteiger partial charge in [0.15, 0.2) is 0 Å². The van der Waals surface area contributed by atoms with Crippen LogP contribution in [0.2, 0.25) is 0 Å². The van der Waals surface area contributed by atoms with Crippen LogP contribution in [0.3, 0.4) is 0 Å². The second kappa shape index (κ2) is 5.23. The van der Waals surface area contributed by atoms with Crippen LogP contribution in [0.4, 0.5) is 0 Å². The van der Waals surface area contributed by atoms with Gasteiger partial charge in [0.25, 0.3) is 0 Å². The first-order chi connectivity index (χ1) is 9.04. The predicted octanol–water partition coefficient (Wildman–Crippen LogP) is 2.94. The summed E-state index contributed by atoms with van der Waals surface area (Å²) in [6.45, 7) is 4.02. The molecule has 0 N–H and O–H groups in total. The monoisotopic (exact) mass is 255 g/mol. The second-order valence-corrected chi connectivity index (χ2v) is 5.16. The van der Waals surface area contributed by atoms with Gasteiger partial charge in [-0.3, -0.25) is 9.48 Å². The maximum atomic E-state index is 12.4. The fraction of sp³-hybridized carbons (Fsp3) is 0.400. The van der Waals surface area contributed by atoms with Gasteiger partial charge in [-0.1, -0.05) is 32.0 Å². The van der Waals surface area contributed by atoms with E-state index in [2.05, 4.69) is 11.2 Å². The Labute approximate surface area is 112 Å². The third kappa shape index (κ3) is 2.50. The third-order valence-corrected chi connectivity index (χ3v) is 3.17. The van der Waals surface area contributed by atoms with Crippen molar-refractivity contribution in [1.82, 2.24) is 9.78 Å². The number of ketones is 1. The van der Waals surface area contributed by atoms with E-state index in [0.29, 0.717) is 18.0 Å². The first kappa shape index (κ1) is 13.3. The van der Waals surface area contributed by atoms with Crippen molar-refractivity contribution in [3.63, 3.8) is 0 Å². The van der Waals surface area contributed by atoms with Crippen LogP contribution in [0.5, 0.6) is 0 Å². The lowest BCUT2D eigenvalue weighted by Crippen LogP contribution is -2.16. The molecule has 1 heterocycles. The summed E-state index contributed by atoms with van der Waals surface area (Å²) in [6, 6.07) is 9.69. The summed E-state index contributed by atoms with van der Waals surface area (Å²) in [6.07, 6.45) is 0.570.